The van der Waals surface area contributed by atoms with Crippen molar-refractivity contribution in [1.82, 2.24) is 15.0 Å². The third-order valence-corrected chi connectivity index (χ3v) is 5.40. The van der Waals surface area contributed by atoms with E-state index in [-0.39, 0.29) is 22.2 Å². The van der Waals surface area contributed by atoms with Gasteiger partial charge >= 0.3 is 11.8 Å². The lowest BCUT2D eigenvalue weighted by atomic mass is 10.2. The van der Waals surface area contributed by atoms with E-state index in [0.717, 1.165) is 5.56 Å². The van der Waals surface area contributed by atoms with Gasteiger partial charge in [0.1, 0.15) is 22.5 Å². The minimum Gasteiger partial charge on any atom is -0.609 e. The van der Waals surface area contributed by atoms with Crippen LogP contribution in [0.15, 0.2) is 23.5 Å². The van der Waals surface area contributed by atoms with E-state index >= 15 is 0 Å². The number of hydrogen-bond acceptors (Lipinski definition) is 6. The average molecular weight is 411 g/mol. The molecule has 0 saturated carbocycles. The minimum absolute atomic E-state index is 0.0786. The quantitative estimate of drug-likeness (QED) is 0.598. The predicted molar refractivity (Wildman–Crippen MR) is 99.7 cm³/mol. The highest BCUT2D eigenvalue weighted by Gasteiger charge is 2.25. The van der Waals surface area contributed by atoms with Gasteiger partial charge in [-0.15, -0.1) is 0 Å². The largest absolute Gasteiger partial charge is 0.609 e. The van der Waals surface area contributed by atoms with Crippen molar-refractivity contribution >= 4 is 22.2 Å². The molecular weight excluding hydrogens is 392 g/mol. The molecule has 7 nitrogen and oxygen atoms in total. The summed E-state index contributed by atoms with van der Waals surface area (Å²) in [5.41, 5.74) is 2.26. The first-order chi connectivity index (χ1) is 13.3. The number of imidazole rings is 1. The number of nitrogens with one attached hydrogen (secondary N) is 1. The van der Waals surface area contributed by atoms with E-state index in [1.54, 1.807) is 32.4 Å². The lowest BCUT2D eigenvalue weighted by Crippen LogP contribution is -2.10. The number of nitrogens with zero attached hydrogens (tertiary/aromatic N) is 2. The van der Waals surface area contributed by atoms with Crippen molar-refractivity contribution in [1.29, 1.82) is 0 Å². The number of fused-ring (bicyclic) bond motifs is 1. The third-order valence-electron chi connectivity index (χ3n) is 4.24. The zero-order chi connectivity index (χ0) is 20.4. The molecule has 0 fully saturated rings. The van der Waals surface area contributed by atoms with Crippen molar-refractivity contribution in [3.05, 3.63) is 35.2 Å². The lowest BCUT2D eigenvalue weighted by Gasteiger charge is -2.10. The molecule has 0 bridgehead atoms. The summed E-state index contributed by atoms with van der Waals surface area (Å²) in [6.45, 7) is 0.413. The van der Waals surface area contributed by atoms with Crippen LogP contribution in [0.1, 0.15) is 16.8 Å². The van der Waals surface area contributed by atoms with Crippen molar-refractivity contribution < 1.29 is 27.5 Å². The fourth-order valence-electron chi connectivity index (χ4n) is 2.84. The first-order valence-electron chi connectivity index (χ1n) is 8.24. The Balaban J connectivity index is 2.01. The second-order valence-corrected chi connectivity index (χ2v) is 7.31. The molecule has 1 atom stereocenters. The summed E-state index contributed by atoms with van der Waals surface area (Å²) in [6, 6.07) is 3.27. The van der Waals surface area contributed by atoms with E-state index < -0.39 is 17.8 Å². The maximum absolute atomic E-state index is 12.9. The number of ether oxygens (including phenoxy) is 3. The van der Waals surface area contributed by atoms with Crippen molar-refractivity contribution in [3.8, 4) is 17.2 Å². The number of halogens is 2. The Labute approximate surface area is 163 Å². The van der Waals surface area contributed by atoms with Gasteiger partial charge in [0.2, 0.25) is 0 Å². The summed E-state index contributed by atoms with van der Waals surface area (Å²) in [5, 5.41) is 0.113. The smallest absolute Gasteiger partial charge is 0.387 e. The average Bonchev–Trinajstić information content (AvgIpc) is 3.10. The van der Waals surface area contributed by atoms with E-state index in [1.165, 1.54) is 7.11 Å². The number of aromatic nitrogens is 3. The van der Waals surface area contributed by atoms with Gasteiger partial charge < -0.3 is 18.8 Å². The summed E-state index contributed by atoms with van der Waals surface area (Å²) >= 11 is -1.61. The fraction of sp³-hybridized carbons (Fsp3) is 0.333. The molecule has 1 aromatic carbocycles. The molecule has 3 aromatic rings. The van der Waals surface area contributed by atoms with E-state index in [1.807, 2.05) is 6.92 Å². The Morgan fingerprint density at radius 1 is 1.21 bits per heavy atom. The summed E-state index contributed by atoms with van der Waals surface area (Å²) < 4.78 is 53.6. The van der Waals surface area contributed by atoms with Crippen LogP contribution in [0.4, 0.5) is 8.78 Å². The third kappa shape index (κ3) is 3.83. The van der Waals surface area contributed by atoms with Crippen LogP contribution in [0.3, 0.4) is 0 Å². The highest BCUT2D eigenvalue weighted by Crippen LogP contribution is 2.37. The maximum Gasteiger partial charge on any atom is 0.387 e. The first-order valence-corrected chi connectivity index (χ1v) is 9.56. The Bertz CT molecular complexity index is 997. The normalized spacial score (nSPS) is 12.4. The molecule has 28 heavy (non-hydrogen) atoms. The Hall–Kier alpha value is -2.59. The van der Waals surface area contributed by atoms with Crippen LogP contribution in [0.25, 0.3) is 11.0 Å². The van der Waals surface area contributed by atoms with Gasteiger partial charge in [0.25, 0.3) is 0 Å². The van der Waals surface area contributed by atoms with Crippen molar-refractivity contribution in [2.45, 2.75) is 31.4 Å². The molecule has 0 amide bonds. The van der Waals surface area contributed by atoms with Crippen molar-refractivity contribution in [2.24, 2.45) is 0 Å². The number of methoxy groups -OCH3 is 2. The standard InChI is InChI=1S/C18H19F2N3O4S/c1-9-7-13(26-4)14-15(16(9)27-17(19)20)23-18(22-14)28(24)8-11-10(2)12(25-3)5-6-21-11/h5-7,17H,8H2,1-4H3,(H,22,23). The molecule has 150 valence electrons. The number of rotatable bonds is 7. The minimum atomic E-state index is -3.01. The van der Waals surface area contributed by atoms with E-state index in [0.29, 0.717) is 28.3 Å². The summed E-state index contributed by atoms with van der Waals surface area (Å²) in [7, 11) is 2.99. The topological polar surface area (TPSA) is 92.3 Å². The van der Waals surface area contributed by atoms with Crippen LogP contribution >= 0.6 is 0 Å². The maximum atomic E-state index is 12.9. The summed E-state index contributed by atoms with van der Waals surface area (Å²) in [5.74, 6) is 1.02. The molecule has 0 saturated heterocycles. The monoisotopic (exact) mass is 411 g/mol. The molecule has 0 aliphatic heterocycles. The molecule has 10 heteroatoms. The zero-order valence-electron chi connectivity index (χ0n) is 15.7. The van der Waals surface area contributed by atoms with Gasteiger partial charge in [-0.2, -0.15) is 13.8 Å². The Morgan fingerprint density at radius 2 is 1.93 bits per heavy atom. The Kier molecular flexibility index (Phi) is 5.90. The van der Waals surface area contributed by atoms with Crippen LogP contribution in [0.2, 0.25) is 0 Å². The van der Waals surface area contributed by atoms with E-state index in [2.05, 4.69) is 19.7 Å². The molecule has 2 aromatic heterocycles. The number of H-pyrrole nitrogens is 1. The second kappa shape index (κ2) is 8.19. The molecule has 2 heterocycles. The Morgan fingerprint density at radius 3 is 2.57 bits per heavy atom. The summed E-state index contributed by atoms with van der Waals surface area (Å²) in [4.78, 5) is 11.4. The van der Waals surface area contributed by atoms with Crippen LogP contribution in [-0.4, -0.2) is 40.3 Å². The molecule has 0 aliphatic carbocycles. The van der Waals surface area contributed by atoms with Gasteiger partial charge in [-0.05, 0) is 31.5 Å². The zero-order valence-corrected chi connectivity index (χ0v) is 16.5. The predicted octanol–water partition coefficient (Wildman–Crippen LogP) is 3.50. The first kappa shape index (κ1) is 20.2. The molecule has 1 unspecified atom stereocenters. The SMILES string of the molecule is COc1ccnc(C[S+]([O-])c2nc3c(OC(F)F)c(C)cc(OC)c3[nH]2)c1C. The van der Waals surface area contributed by atoms with Crippen LogP contribution in [0.5, 0.6) is 17.2 Å². The van der Waals surface area contributed by atoms with Crippen molar-refractivity contribution in [3.63, 3.8) is 0 Å². The molecular formula is C18H19F2N3O4S. The van der Waals surface area contributed by atoms with Gasteiger partial charge in [-0.1, -0.05) is 0 Å². The molecule has 0 aliphatic rings. The van der Waals surface area contributed by atoms with E-state index in [4.69, 9.17) is 9.47 Å². The van der Waals surface area contributed by atoms with E-state index in [9.17, 15) is 13.3 Å². The molecule has 3 rings (SSSR count). The molecule has 0 spiro atoms. The van der Waals surface area contributed by atoms with Gasteiger partial charge in [-0.25, -0.2) is 0 Å². The van der Waals surface area contributed by atoms with Gasteiger partial charge in [0.15, 0.2) is 11.5 Å². The fourth-order valence-corrected chi connectivity index (χ4v) is 3.93. The highest BCUT2D eigenvalue weighted by atomic mass is 32.2. The molecule has 0 radical (unpaired) electrons. The van der Waals surface area contributed by atoms with Gasteiger partial charge in [-0.3, -0.25) is 9.97 Å². The van der Waals surface area contributed by atoms with Crippen LogP contribution < -0.4 is 14.2 Å². The lowest BCUT2D eigenvalue weighted by molar-refractivity contribution is -0.0493. The number of benzene rings is 1. The van der Waals surface area contributed by atoms with Gasteiger partial charge in [0, 0.05) is 22.9 Å². The number of aryl methyl sites for hydroxylation is 1. The number of alkyl halides is 2. The highest BCUT2D eigenvalue weighted by molar-refractivity contribution is 7.90. The number of aromatic amines is 1. The van der Waals surface area contributed by atoms with Crippen molar-refractivity contribution in [2.75, 3.05) is 14.2 Å². The van der Waals surface area contributed by atoms with Gasteiger partial charge in [0.05, 0.1) is 19.9 Å². The second-order valence-electron chi connectivity index (χ2n) is 5.94. The van der Waals surface area contributed by atoms with Crippen LogP contribution in [-0.2, 0) is 16.9 Å². The molecule has 1 N–H and O–H groups in total. The summed E-state index contributed by atoms with van der Waals surface area (Å²) in [6.07, 6.45) is 1.57. The number of hydrogen-bond donors (Lipinski definition) is 1. The van der Waals surface area contributed by atoms with Crippen LogP contribution in [0, 0.1) is 13.8 Å². The number of pyridine rings is 1.